The molecule has 1 aliphatic heterocycles. The van der Waals surface area contributed by atoms with E-state index in [1.807, 2.05) is 6.92 Å². The Hall–Kier alpha value is -1.79. The number of carbonyl (C=O) groups is 3. The summed E-state index contributed by atoms with van der Waals surface area (Å²) >= 11 is 11.7. The summed E-state index contributed by atoms with van der Waals surface area (Å²) in [5, 5.41) is 6.14. The van der Waals surface area contributed by atoms with Gasteiger partial charge in [0.05, 0.1) is 16.6 Å². The van der Waals surface area contributed by atoms with E-state index in [1.54, 1.807) is 11.0 Å². The Balaban J connectivity index is 1.77. The average molecular weight is 400 g/mol. The van der Waals surface area contributed by atoms with Gasteiger partial charge in [-0.2, -0.15) is 0 Å². The number of amides is 3. The summed E-state index contributed by atoms with van der Waals surface area (Å²) in [5.74, 6) is -0.528. The largest absolute Gasteiger partial charge is 0.356 e. The Morgan fingerprint density at radius 3 is 2.42 bits per heavy atom. The smallest absolute Gasteiger partial charge is 0.251 e. The normalized spacial score (nSPS) is 14.8. The van der Waals surface area contributed by atoms with Crippen LogP contribution in [0.15, 0.2) is 18.2 Å². The number of rotatable bonds is 6. The van der Waals surface area contributed by atoms with Crippen molar-refractivity contribution in [1.82, 2.24) is 15.5 Å². The van der Waals surface area contributed by atoms with Gasteiger partial charge in [0.1, 0.15) is 0 Å². The predicted molar refractivity (Wildman–Crippen MR) is 101 cm³/mol. The fourth-order valence-corrected chi connectivity index (χ4v) is 3.09. The van der Waals surface area contributed by atoms with Crippen LogP contribution in [0.2, 0.25) is 10.0 Å². The van der Waals surface area contributed by atoms with Crippen molar-refractivity contribution in [3.05, 3.63) is 33.8 Å². The first kappa shape index (κ1) is 20.5. The van der Waals surface area contributed by atoms with E-state index in [1.165, 1.54) is 12.1 Å². The van der Waals surface area contributed by atoms with Gasteiger partial charge in [-0.25, -0.2) is 0 Å². The molecule has 0 aliphatic carbocycles. The second kappa shape index (κ2) is 9.78. The molecule has 0 bridgehead atoms. The van der Waals surface area contributed by atoms with E-state index in [0.717, 1.165) is 6.42 Å². The van der Waals surface area contributed by atoms with E-state index in [9.17, 15) is 14.4 Å². The Kier molecular flexibility index (Phi) is 7.72. The number of halogens is 2. The number of nitrogens with zero attached hydrogens (tertiary/aromatic N) is 1. The van der Waals surface area contributed by atoms with E-state index in [0.29, 0.717) is 43.1 Å². The van der Waals surface area contributed by atoms with Crippen molar-refractivity contribution in [1.29, 1.82) is 0 Å². The number of hydrogen-bond donors (Lipinski definition) is 2. The highest BCUT2D eigenvalue weighted by Gasteiger charge is 2.27. The summed E-state index contributed by atoms with van der Waals surface area (Å²) < 4.78 is 0. The molecule has 0 radical (unpaired) electrons. The monoisotopic (exact) mass is 399 g/mol. The Morgan fingerprint density at radius 2 is 1.81 bits per heavy atom. The fraction of sp³-hybridized carbons (Fsp3) is 0.500. The predicted octanol–water partition coefficient (Wildman–Crippen LogP) is 2.49. The molecule has 8 heteroatoms. The van der Waals surface area contributed by atoms with Crippen molar-refractivity contribution >= 4 is 40.9 Å². The lowest BCUT2D eigenvalue weighted by molar-refractivity contribution is -0.134. The highest BCUT2D eigenvalue weighted by molar-refractivity contribution is 6.42. The molecule has 0 aromatic heterocycles. The van der Waals surface area contributed by atoms with E-state index in [-0.39, 0.29) is 35.2 Å². The van der Waals surface area contributed by atoms with Crippen LogP contribution in [-0.4, -0.2) is 48.8 Å². The maximum Gasteiger partial charge on any atom is 0.251 e. The van der Waals surface area contributed by atoms with Crippen LogP contribution in [0.25, 0.3) is 0 Å². The van der Waals surface area contributed by atoms with Gasteiger partial charge >= 0.3 is 0 Å². The zero-order valence-electron chi connectivity index (χ0n) is 14.7. The molecule has 2 rings (SSSR count). The fourth-order valence-electron chi connectivity index (χ4n) is 2.79. The lowest BCUT2D eigenvalue weighted by atomic mass is 9.96. The molecule has 26 heavy (non-hydrogen) atoms. The van der Waals surface area contributed by atoms with E-state index < -0.39 is 0 Å². The van der Waals surface area contributed by atoms with Gasteiger partial charge in [0.2, 0.25) is 11.8 Å². The molecule has 142 valence electrons. The maximum atomic E-state index is 12.3. The van der Waals surface area contributed by atoms with Gasteiger partial charge in [0.25, 0.3) is 5.91 Å². The van der Waals surface area contributed by atoms with Crippen molar-refractivity contribution in [2.24, 2.45) is 5.92 Å². The molecule has 0 saturated carbocycles. The first-order valence-corrected chi connectivity index (χ1v) is 9.46. The molecule has 1 heterocycles. The molecule has 1 saturated heterocycles. The molecule has 2 N–H and O–H groups in total. The van der Waals surface area contributed by atoms with Crippen LogP contribution in [0.1, 0.15) is 36.5 Å². The molecule has 3 amide bonds. The van der Waals surface area contributed by atoms with Crippen molar-refractivity contribution in [3.63, 3.8) is 0 Å². The summed E-state index contributed by atoms with van der Waals surface area (Å²) in [4.78, 5) is 38.0. The van der Waals surface area contributed by atoms with E-state index >= 15 is 0 Å². The molecule has 0 atom stereocenters. The lowest BCUT2D eigenvalue weighted by Gasteiger charge is -2.31. The zero-order valence-corrected chi connectivity index (χ0v) is 16.2. The minimum absolute atomic E-state index is 0.0450. The van der Waals surface area contributed by atoms with Crippen LogP contribution in [0, 0.1) is 5.92 Å². The Bertz CT molecular complexity index is 674. The van der Waals surface area contributed by atoms with Crippen molar-refractivity contribution in [3.8, 4) is 0 Å². The minimum atomic E-state index is -0.384. The maximum absolute atomic E-state index is 12.3. The average Bonchev–Trinajstić information content (AvgIpc) is 2.66. The molecular weight excluding hydrogens is 377 g/mol. The molecule has 1 fully saturated rings. The Morgan fingerprint density at radius 1 is 1.12 bits per heavy atom. The summed E-state index contributed by atoms with van der Waals surface area (Å²) in [6.45, 7) is 3.63. The standard InChI is InChI=1S/C18H23Cl2N3O3/c1-2-7-21-17(25)12-5-8-23(9-6-12)16(24)11-22-18(26)13-3-4-14(19)15(20)10-13/h3-4,10,12H,2,5-9,11H2,1H3,(H,21,25)(H,22,26). The van der Waals surface area contributed by atoms with Crippen LogP contribution in [0.5, 0.6) is 0 Å². The third kappa shape index (κ3) is 5.61. The van der Waals surface area contributed by atoms with Crippen LogP contribution in [0.3, 0.4) is 0 Å². The van der Waals surface area contributed by atoms with Crippen LogP contribution in [0.4, 0.5) is 0 Å². The zero-order chi connectivity index (χ0) is 19.1. The van der Waals surface area contributed by atoms with Gasteiger partial charge in [-0.1, -0.05) is 30.1 Å². The van der Waals surface area contributed by atoms with Crippen molar-refractivity contribution in [2.75, 3.05) is 26.2 Å². The number of piperidine rings is 1. The second-order valence-electron chi connectivity index (χ2n) is 6.26. The number of hydrogen-bond acceptors (Lipinski definition) is 3. The highest BCUT2D eigenvalue weighted by Crippen LogP contribution is 2.22. The summed E-state index contributed by atoms with van der Waals surface area (Å²) in [6.07, 6.45) is 2.19. The molecule has 1 aromatic rings. The van der Waals surface area contributed by atoms with Gasteiger partial charge in [0.15, 0.2) is 0 Å². The highest BCUT2D eigenvalue weighted by atomic mass is 35.5. The van der Waals surface area contributed by atoms with Crippen LogP contribution >= 0.6 is 23.2 Å². The molecule has 1 aliphatic rings. The van der Waals surface area contributed by atoms with Gasteiger partial charge in [-0.15, -0.1) is 0 Å². The van der Waals surface area contributed by atoms with E-state index in [2.05, 4.69) is 10.6 Å². The van der Waals surface area contributed by atoms with Gasteiger partial charge in [-0.05, 0) is 37.5 Å². The van der Waals surface area contributed by atoms with Gasteiger partial charge in [0, 0.05) is 31.1 Å². The minimum Gasteiger partial charge on any atom is -0.356 e. The molecule has 6 nitrogen and oxygen atoms in total. The Labute approximate surface area is 163 Å². The number of benzene rings is 1. The number of carbonyl (C=O) groups excluding carboxylic acids is 3. The molecule has 0 unspecified atom stereocenters. The van der Waals surface area contributed by atoms with Crippen LogP contribution < -0.4 is 10.6 Å². The van der Waals surface area contributed by atoms with Crippen molar-refractivity contribution < 1.29 is 14.4 Å². The first-order valence-electron chi connectivity index (χ1n) is 8.71. The van der Waals surface area contributed by atoms with Crippen molar-refractivity contribution in [2.45, 2.75) is 26.2 Å². The number of likely N-dealkylation sites (tertiary alicyclic amines) is 1. The van der Waals surface area contributed by atoms with Crippen LogP contribution in [-0.2, 0) is 9.59 Å². The summed E-state index contributed by atoms with van der Waals surface area (Å²) in [5.41, 5.74) is 0.346. The second-order valence-corrected chi connectivity index (χ2v) is 7.07. The third-order valence-electron chi connectivity index (χ3n) is 4.35. The summed E-state index contributed by atoms with van der Waals surface area (Å²) in [7, 11) is 0. The number of nitrogens with one attached hydrogen (secondary N) is 2. The van der Waals surface area contributed by atoms with Gasteiger partial charge in [-0.3, -0.25) is 14.4 Å². The van der Waals surface area contributed by atoms with Gasteiger partial charge < -0.3 is 15.5 Å². The molecular formula is C18H23Cl2N3O3. The quantitative estimate of drug-likeness (QED) is 0.770. The summed E-state index contributed by atoms with van der Waals surface area (Å²) in [6, 6.07) is 4.55. The van der Waals surface area contributed by atoms with E-state index in [4.69, 9.17) is 23.2 Å². The lowest BCUT2D eigenvalue weighted by Crippen LogP contribution is -2.46. The topological polar surface area (TPSA) is 78.5 Å². The third-order valence-corrected chi connectivity index (χ3v) is 5.09. The first-order chi connectivity index (χ1) is 12.4. The molecule has 0 spiro atoms. The molecule has 1 aromatic carbocycles. The SMILES string of the molecule is CCCNC(=O)C1CCN(C(=O)CNC(=O)c2ccc(Cl)c(Cl)c2)CC1.